The molecule has 2 rings (SSSR count). The highest BCUT2D eigenvalue weighted by molar-refractivity contribution is 14.1. The van der Waals surface area contributed by atoms with Gasteiger partial charge in [-0.2, -0.15) is 0 Å². The highest BCUT2D eigenvalue weighted by Crippen LogP contribution is 2.25. The van der Waals surface area contributed by atoms with Crippen molar-refractivity contribution in [3.05, 3.63) is 33.5 Å². The lowest BCUT2D eigenvalue weighted by Gasteiger charge is -2.18. The number of H-pyrrole nitrogens is 1. The largest absolute Gasteiger partial charge is 0.455 e. The molecule has 0 saturated carbocycles. The molecule has 17 heavy (non-hydrogen) atoms. The summed E-state index contributed by atoms with van der Waals surface area (Å²) < 4.78 is 6.27. The number of hydrogen-bond acceptors (Lipinski definition) is 2. The minimum absolute atomic E-state index is 0.307. The molecule has 3 nitrogen and oxygen atoms in total. The van der Waals surface area contributed by atoms with Crippen LogP contribution in [0.25, 0.3) is 10.9 Å². The number of carbonyl (C=O) groups is 1. The van der Waals surface area contributed by atoms with Gasteiger partial charge >= 0.3 is 5.97 Å². The van der Waals surface area contributed by atoms with Crippen LogP contribution in [0, 0.1) is 3.57 Å². The van der Waals surface area contributed by atoms with Gasteiger partial charge in [-0.25, -0.2) is 4.79 Å². The standard InChI is InChI=1S/C13H14INO2/c1-13(2,3)17-12(16)11-10(14)8-6-4-5-7-9(8)15-11/h4-7,15H,1-3H3. The minimum Gasteiger partial charge on any atom is -0.455 e. The number of aromatic nitrogens is 1. The van der Waals surface area contributed by atoms with Crippen LogP contribution in [-0.4, -0.2) is 16.6 Å². The van der Waals surface area contributed by atoms with E-state index >= 15 is 0 Å². The zero-order valence-electron chi connectivity index (χ0n) is 10.0. The number of rotatable bonds is 1. The molecule has 0 aliphatic heterocycles. The van der Waals surface area contributed by atoms with Gasteiger partial charge in [0.15, 0.2) is 0 Å². The van der Waals surface area contributed by atoms with Gasteiger partial charge in [-0.1, -0.05) is 18.2 Å². The summed E-state index contributed by atoms with van der Waals surface area (Å²) in [5.41, 5.74) is 1.01. The van der Waals surface area contributed by atoms with Crippen LogP contribution >= 0.6 is 22.6 Å². The van der Waals surface area contributed by atoms with Crippen molar-refractivity contribution in [1.82, 2.24) is 4.98 Å². The molecule has 0 fully saturated rings. The number of hydrogen-bond donors (Lipinski definition) is 1. The Kier molecular flexibility index (Phi) is 3.16. The summed E-state index contributed by atoms with van der Waals surface area (Å²) in [6.45, 7) is 5.58. The molecule has 0 radical (unpaired) electrons. The van der Waals surface area contributed by atoms with E-state index < -0.39 is 5.60 Å². The monoisotopic (exact) mass is 343 g/mol. The maximum atomic E-state index is 12.0. The number of benzene rings is 1. The molecule has 0 unspecified atom stereocenters. The number of fused-ring (bicyclic) bond motifs is 1. The van der Waals surface area contributed by atoms with Gasteiger partial charge < -0.3 is 9.72 Å². The first-order valence-corrected chi connectivity index (χ1v) is 6.46. The number of nitrogens with one attached hydrogen (secondary N) is 1. The normalized spacial score (nSPS) is 11.8. The molecule has 1 N–H and O–H groups in total. The van der Waals surface area contributed by atoms with E-state index in [0.717, 1.165) is 14.5 Å². The van der Waals surface area contributed by atoms with Gasteiger partial charge in [-0.05, 0) is 49.4 Å². The smallest absolute Gasteiger partial charge is 0.356 e. The lowest BCUT2D eigenvalue weighted by molar-refractivity contribution is 0.00627. The van der Waals surface area contributed by atoms with Gasteiger partial charge in [-0.3, -0.25) is 0 Å². The number of esters is 1. The van der Waals surface area contributed by atoms with Gasteiger partial charge in [0, 0.05) is 10.9 Å². The molecule has 0 saturated heterocycles. The molecule has 1 heterocycles. The third kappa shape index (κ3) is 2.62. The van der Waals surface area contributed by atoms with Gasteiger partial charge in [-0.15, -0.1) is 0 Å². The van der Waals surface area contributed by atoms with Crippen LogP contribution in [0.5, 0.6) is 0 Å². The second-order valence-corrected chi connectivity index (χ2v) is 5.94. The van der Waals surface area contributed by atoms with Crippen molar-refractivity contribution in [2.45, 2.75) is 26.4 Å². The van der Waals surface area contributed by atoms with Crippen LogP contribution < -0.4 is 0 Å². The fourth-order valence-corrected chi connectivity index (χ4v) is 2.40. The second kappa shape index (κ2) is 4.33. The molecule has 0 aliphatic rings. The summed E-state index contributed by atoms with van der Waals surface area (Å²) in [6.07, 6.45) is 0. The number of carbonyl (C=O) groups excluding carboxylic acids is 1. The third-order valence-electron chi connectivity index (χ3n) is 2.25. The summed E-state index contributed by atoms with van der Waals surface area (Å²) >= 11 is 2.17. The fraction of sp³-hybridized carbons (Fsp3) is 0.308. The molecule has 1 aromatic carbocycles. The van der Waals surface area contributed by atoms with E-state index in [1.807, 2.05) is 45.0 Å². The lowest BCUT2D eigenvalue weighted by Crippen LogP contribution is -2.24. The molecule has 90 valence electrons. The first-order chi connectivity index (χ1) is 7.88. The lowest BCUT2D eigenvalue weighted by atomic mass is 10.2. The van der Waals surface area contributed by atoms with E-state index in [0.29, 0.717) is 5.69 Å². The summed E-state index contributed by atoms with van der Waals surface area (Å²) in [5.74, 6) is -0.307. The van der Waals surface area contributed by atoms with E-state index in [9.17, 15) is 4.79 Å². The van der Waals surface area contributed by atoms with Crippen molar-refractivity contribution in [1.29, 1.82) is 0 Å². The van der Waals surface area contributed by atoms with Gasteiger partial charge in [0.2, 0.25) is 0 Å². The minimum atomic E-state index is -0.475. The number of halogens is 1. The Balaban J connectivity index is 2.43. The topological polar surface area (TPSA) is 42.1 Å². The molecule has 1 aromatic heterocycles. The SMILES string of the molecule is CC(C)(C)OC(=O)c1[nH]c2ccccc2c1I. The zero-order chi connectivity index (χ0) is 12.6. The summed E-state index contributed by atoms with van der Waals surface area (Å²) in [6, 6.07) is 7.83. The Morgan fingerprint density at radius 2 is 1.94 bits per heavy atom. The van der Waals surface area contributed by atoms with Crippen molar-refractivity contribution in [3.63, 3.8) is 0 Å². The van der Waals surface area contributed by atoms with Crippen molar-refractivity contribution < 1.29 is 9.53 Å². The zero-order valence-corrected chi connectivity index (χ0v) is 12.2. The first-order valence-electron chi connectivity index (χ1n) is 5.38. The Hall–Kier alpha value is -1.04. The Bertz CT molecular complexity index is 566. The number of aromatic amines is 1. The average molecular weight is 343 g/mol. The van der Waals surface area contributed by atoms with Crippen molar-refractivity contribution in [2.24, 2.45) is 0 Å². The van der Waals surface area contributed by atoms with Crippen molar-refractivity contribution in [3.8, 4) is 0 Å². The van der Waals surface area contributed by atoms with Gasteiger partial charge in [0.1, 0.15) is 11.3 Å². The van der Waals surface area contributed by atoms with Crippen molar-refractivity contribution in [2.75, 3.05) is 0 Å². The predicted molar refractivity (Wildman–Crippen MR) is 76.2 cm³/mol. The van der Waals surface area contributed by atoms with Crippen LogP contribution in [-0.2, 0) is 4.74 Å². The Labute approximate surface area is 114 Å². The van der Waals surface area contributed by atoms with E-state index in [2.05, 4.69) is 27.6 Å². The van der Waals surface area contributed by atoms with Crippen LogP contribution in [0.4, 0.5) is 0 Å². The molecular formula is C13H14INO2. The Morgan fingerprint density at radius 1 is 1.29 bits per heavy atom. The highest BCUT2D eigenvalue weighted by Gasteiger charge is 2.22. The molecule has 0 atom stereocenters. The quantitative estimate of drug-likeness (QED) is 0.633. The molecule has 0 spiro atoms. The average Bonchev–Trinajstić information content (AvgIpc) is 2.55. The Morgan fingerprint density at radius 3 is 2.53 bits per heavy atom. The number of para-hydroxylation sites is 1. The van der Waals surface area contributed by atoms with E-state index in [1.54, 1.807) is 0 Å². The van der Waals surface area contributed by atoms with Gasteiger partial charge in [0.05, 0.1) is 3.57 Å². The molecule has 2 aromatic rings. The van der Waals surface area contributed by atoms with Gasteiger partial charge in [0.25, 0.3) is 0 Å². The van der Waals surface area contributed by atoms with E-state index in [-0.39, 0.29) is 5.97 Å². The molecule has 0 aliphatic carbocycles. The summed E-state index contributed by atoms with van der Waals surface area (Å²) in [4.78, 5) is 15.1. The second-order valence-electron chi connectivity index (χ2n) is 4.86. The van der Waals surface area contributed by atoms with Crippen LogP contribution in [0.3, 0.4) is 0 Å². The summed E-state index contributed by atoms with van der Waals surface area (Å²) in [7, 11) is 0. The maximum absolute atomic E-state index is 12.0. The van der Waals surface area contributed by atoms with Crippen LogP contribution in [0.2, 0.25) is 0 Å². The summed E-state index contributed by atoms with van der Waals surface area (Å²) in [5, 5.41) is 1.05. The van der Waals surface area contributed by atoms with Crippen LogP contribution in [0.15, 0.2) is 24.3 Å². The fourth-order valence-electron chi connectivity index (χ4n) is 1.58. The molecular weight excluding hydrogens is 329 g/mol. The molecule has 4 heteroatoms. The molecule has 0 bridgehead atoms. The maximum Gasteiger partial charge on any atom is 0.356 e. The highest BCUT2D eigenvalue weighted by atomic mass is 127. The van der Waals surface area contributed by atoms with Crippen molar-refractivity contribution >= 4 is 39.5 Å². The van der Waals surface area contributed by atoms with Crippen LogP contribution in [0.1, 0.15) is 31.3 Å². The number of ether oxygens (including phenoxy) is 1. The molecule has 0 amide bonds. The van der Waals surface area contributed by atoms with E-state index in [1.165, 1.54) is 0 Å². The van der Waals surface area contributed by atoms with E-state index in [4.69, 9.17) is 4.74 Å². The first kappa shape index (κ1) is 12.4. The predicted octanol–water partition coefficient (Wildman–Crippen LogP) is 3.73. The third-order valence-corrected chi connectivity index (χ3v) is 3.37.